The predicted molar refractivity (Wildman–Crippen MR) is 87.2 cm³/mol. The number of benzene rings is 1. The van der Waals surface area contributed by atoms with Crippen molar-refractivity contribution in [2.75, 3.05) is 25.0 Å². The summed E-state index contributed by atoms with van der Waals surface area (Å²) in [6.07, 6.45) is 2.34. The van der Waals surface area contributed by atoms with Crippen molar-refractivity contribution in [2.24, 2.45) is 14.1 Å². The van der Waals surface area contributed by atoms with Crippen molar-refractivity contribution in [3.8, 4) is 0 Å². The highest BCUT2D eigenvalue weighted by molar-refractivity contribution is 5.95. The fourth-order valence-electron chi connectivity index (χ4n) is 3.12. The van der Waals surface area contributed by atoms with Gasteiger partial charge in [0.05, 0.1) is 17.6 Å². The van der Waals surface area contributed by atoms with Crippen LogP contribution in [0, 0.1) is 6.92 Å². The Morgan fingerprint density at radius 2 is 1.73 bits per heavy atom. The number of nitrogens with zero attached hydrogens (tertiary/aromatic N) is 3. The second-order valence-corrected chi connectivity index (χ2v) is 6.09. The number of carbonyl (C=O) groups excluding carboxylic acids is 1. The number of nitrogens with one attached hydrogen (secondary N) is 1. The van der Waals surface area contributed by atoms with E-state index >= 15 is 0 Å². The number of hydrogen-bond donors (Lipinski definition) is 1. The van der Waals surface area contributed by atoms with Gasteiger partial charge in [-0.25, -0.2) is 4.79 Å². The molecule has 6 heteroatoms. The summed E-state index contributed by atoms with van der Waals surface area (Å²) in [5.74, 6) is 0.00489. The highest BCUT2D eigenvalue weighted by atomic mass is 16.2. The Kier molecular flexibility index (Phi) is 3.78. The molecular formula is C16H22N4O2. The molecule has 0 atom stereocenters. The highest BCUT2D eigenvalue weighted by Crippen LogP contribution is 2.22. The van der Waals surface area contributed by atoms with E-state index < -0.39 is 0 Å². The predicted octanol–water partition coefficient (Wildman–Crippen LogP) is 1.22. The van der Waals surface area contributed by atoms with Crippen LogP contribution in [-0.4, -0.2) is 39.6 Å². The first-order valence-corrected chi connectivity index (χ1v) is 7.65. The number of aromatic nitrogens is 2. The molecule has 6 nitrogen and oxygen atoms in total. The van der Waals surface area contributed by atoms with Gasteiger partial charge < -0.3 is 5.32 Å². The molecule has 0 aliphatic carbocycles. The van der Waals surface area contributed by atoms with Crippen LogP contribution < -0.4 is 11.0 Å². The van der Waals surface area contributed by atoms with E-state index in [1.807, 2.05) is 19.1 Å². The summed E-state index contributed by atoms with van der Waals surface area (Å²) >= 11 is 0. The zero-order valence-electron chi connectivity index (χ0n) is 13.3. The average Bonchev–Trinajstić information content (AvgIpc) is 3.05. The second kappa shape index (κ2) is 5.61. The summed E-state index contributed by atoms with van der Waals surface area (Å²) in [7, 11) is 3.51. The van der Waals surface area contributed by atoms with Gasteiger partial charge in [-0.1, -0.05) is 0 Å². The van der Waals surface area contributed by atoms with Crippen LogP contribution >= 0.6 is 0 Å². The van der Waals surface area contributed by atoms with Crippen LogP contribution in [0.1, 0.15) is 18.4 Å². The first-order valence-electron chi connectivity index (χ1n) is 7.65. The third kappa shape index (κ3) is 2.54. The van der Waals surface area contributed by atoms with Crippen molar-refractivity contribution in [2.45, 2.75) is 19.8 Å². The van der Waals surface area contributed by atoms with Crippen LogP contribution in [0.4, 0.5) is 5.69 Å². The quantitative estimate of drug-likeness (QED) is 0.927. The van der Waals surface area contributed by atoms with Gasteiger partial charge in [0.25, 0.3) is 0 Å². The van der Waals surface area contributed by atoms with Crippen LogP contribution in [-0.2, 0) is 18.9 Å². The highest BCUT2D eigenvalue weighted by Gasteiger charge is 2.16. The minimum Gasteiger partial charge on any atom is -0.325 e. The molecule has 1 aromatic heterocycles. The van der Waals surface area contributed by atoms with Crippen molar-refractivity contribution in [3.05, 3.63) is 28.2 Å². The van der Waals surface area contributed by atoms with Crippen LogP contribution in [0.3, 0.4) is 0 Å². The maximum absolute atomic E-state index is 12.2. The van der Waals surface area contributed by atoms with Crippen molar-refractivity contribution >= 4 is 22.6 Å². The number of likely N-dealkylation sites (tertiary alicyclic amines) is 1. The average molecular weight is 302 g/mol. The smallest absolute Gasteiger partial charge is 0.325 e. The van der Waals surface area contributed by atoms with Crippen molar-refractivity contribution in [1.82, 2.24) is 14.0 Å². The summed E-state index contributed by atoms with van der Waals surface area (Å²) in [6, 6.07) is 3.83. The molecule has 0 unspecified atom stereocenters. The molecule has 118 valence electrons. The van der Waals surface area contributed by atoms with Gasteiger partial charge in [0.1, 0.15) is 0 Å². The van der Waals surface area contributed by atoms with E-state index in [0.717, 1.165) is 35.4 Å². The van der Waals surface area contributed by atoms with Gasteiger partial charge in [-0.15, -0.1) is 0 Å². The number of fused-ring (bicyclic) bond motifs is 1. The third-order valence-electron chi connectivity index (χ3n) is 4.46. The lowest BCUT2D eigenvalue weighted by Gasteiger charge is -2.15. The maximum atomic E-state index is 12.2. The Morgan fingerprint density at radius 3 is 2.36 bits per heavy atom. The number of carbonyl (C=O) groups is 1. The van der Waals surface area contributed by atoms with Gasteiger partial charge in [-0.2, -0.15) is 0 Å². The van der Waals surface area contributed by atoms with Gasteiger partial charge in [0.15, 0.2) is 0 Å². The van der Waals surface area contributed by atoms with E-state index in [2.05, 4.69) is 10.2 Å². The van der Waals surface area contributed by atoms with Gasteiger partial charge in [-0.05, 0) is 50.6 Å². The van der Waals surface area contributed by atoms with E-state index in [0.29, 0.717) is 6.54 Å². The van der Waals surface area contributed by atoms with E-state index in [4.69, 9.17) is 0 Å². The molecule has 2 heterocycles. The lowest BCUT2D eigenvalue weighted by atomic mass is 10.1. The minimum atomic E-state index is -0.0602. The van der Waals surface area contributed by atoms with Crippen LogP contribution in [0.5, 0.6) is 0 Å². The number of amides is 1. The Bertz CT molecular complexity index is 782. The number of aryl methyl sites for hydroxylation is 3. The van der Waals surface area contributed by atoms with E-state index in [-0.39, 0.29) is 11.6 Å². The van der Waals surface area contributed by atoms with E-state index in [9.17, 15) is 9.59 Å². The molecule has 0 radical (unpaired) electrons. The van der Waals surface area contributed by atoms with Crippen molar-refractivity contribution < 1.29 is 4.79 Å². The molecule has 1 fully saturated rings. The summed E-state index contributed by atoms with van der Waals surface area (Å²) in [5, 5.41) is 2.98. The Morgan fingerprint density at radius 1 is 1.14 bits per heavy atom. The van der Waals surface area contributed by atoms with Crippen LogP contribution in [0.2, 0.25) is 0 Å². The topological polar surface area (TPSA) is 59.3 Å². The molecule has 1 aliphatic heterocycles. The zero-order valence-corrected chi connectivity index (χ0v) is 13.3. The lowest BCUT2D eigenvalue weighted by molar-refractivity contribution is -0.117. The Balaban J connectivity index is 1.87. The van der Waals surface area contributed by atoms with E-state index in [1.54, 1.807) is 23.2 Å². The van der Waals surface area contributed by atoms with Crippen LogP contribution in [0.15, 0.2) is 16.9 Å². The summed E-state index contributed by atoms with van der Waals surface area (Å²) in [6.45, 7) is 4.38. The van der Waals surface area contributed by atoms with Gasteiger partial charge in [0, 0.05) is 19.8 Å². The molecule has 0 spiro atoms. The van der Waals surface area contributed by atoms with Gasteiger partial charge in [-0.3, -0.25) is 18.8 Å². The molecule has 0 bridgehead atoms. The molecule has 1 aromatic carbocycles. The summed E-state index contributed by atoms with van der Waals surface area (Å²) < 4.78 is 3.23. The molecule has 1 N–H and O–H groups in total. The van der Waals surface area contributed by atoms with Gasteiger partial charge in [0.2, 0.25) is 5.91 Å². The van der Waals surface area contributed by atoms with Gasteiger partial charge >= 0.3 is 5.69 Å². The zero-order chi connectivity index (χ0) is 15.9. The molecule has 2 aromatic rings. The first-order chi connectivity index (χ1) is 10.5. The largest absolute Gasteiger partial charge is 0.328 e. The molecule has 1 amide bonds. The minimum absolute atomic E-state index is 0.00489. The molecule has 3 rings (SSSR count). The second-order valence-electron chi connectivity index (χ2n) is 6.09. The molecular weight excluding hydrogens is 280 g/mol. The van der Waals surface area contributed by atoms with Crippen LogP contribution in [0.25, 0.3) is 11.0 Å². The van der Waals surface area contributed by atoms with Crippen molar-refractivity contribution in [3.63, 3.8) is 0 Å². The monoisotopic (exact) mass is 302 g/mol. The molecule has 1 aliphatic rings. The molecule has 1 saturated heterocycles. The number of anilines is 1. The summed E-state index contributed by atoms with van der Waals surface area (Å²) in [5.41, 5.74) is 3.38. The lowest BCUT2D eigenvalue weighted by Crippen LogP contribution is -2.31. The van der Waals surface area contributed by atoms with E-state index in [1.165, 1.54) is 12.8 Å². The number of rotatable bonds is 3. The Hall–Kier alpha value is -2.08. The molecule has 0 saturated carbocycles. The number of hydrogen-bond acceptors (Lipinski definition) is 3. The summed E-state index contributed by atoms with van der Waals surface area (Å²) in [4.78, 5) is 26.4. The number of imidazole rings is 1. The Labute approximate surface area is 129 Å². The molecule has 22 heavy (non-hydrogen) atoms. The maximum Gasteiger partial charge on any atom is 0.328 e. The fraction of sp³-hybridized carbons (Fsp3) is 0.500. The first kappa shape index (κ1) is 14.8. The third-order valence-corrected chi connectivity index (χ3v) is 4.46. The standard InChI is InChI=1S/C16H22N4O2/c1-11-8-13-14(19(3)16(22)18(13)2)9-12(11)17-15(21)10-20-6-4-5-7-20/h8-9H,4-7,10H2,1-3H3,(H,17,21). The van der Waals surface area contributed by atoms with Crippen molar-refractivity contribution in [1.29, 1.82) is 0 Å². The fourth-order valence-corrected chi connectivity index (χ4v) is 3.12. The SMILES string of the molecule is Cc1cc2c(cc1NC(=O)CN1CCCC1)n(C)c(=O)n2C. The normalized spacial score (nSPS) is 15.6.